The van der Waals surface area contributed by atoms with E-state index in [0.29, 0.717) is 18.0 Å². The van der Waals surface area contributed by atoms with Crippen LogP contribution in [0.5, 0.6) is 11.5 Å². The molecule has 2 N–H and O–H groups in total. The van der Waals surface area contributed by atoms with E-state index in [1.165, 1.54) is 11.0 Å². The molecule has 0 saturated heterocycles. The smallest absolute Gasteiger partial charge is 0.412 e. The first-order chi connectivity index (χ1) is 12.1. The van der Waals surface area contributed by atoms with Crippen LogP contribution < -0.4 is 20.1 Å². The second kappa shape index (κ2) is 7.51. The quantitative estimate of drug-likeness (QED) is 0.797. The summed E-state index contributed by atoms with van der Waals surface area (Å²) >= 11 is 0. The minimum atomic E-state index is -0.623. The van der Waals surface area contributed by atoms with Crippen LogP contribution in [0.1, 0.15) is 12.5 Å². The van der Waals surface area contributed by atoms with Crippen LogP contribution in [0.4, 0.5) is 10.6 Å². The molecular formula is C15H17N5O5. The molecule has 1 aromatic heterocycles. The van der Waals surface area contributed by atoms with Gasteiger partial charge < -0.3 is 19.5 Å². The van der Waals surface area contributed by atoms with Crippen LogP contribution in [0.15, 0.2) is 24.4 Å². The van der Waals surface area contributed by atoms with Crippen molar-refractivity contribution < 1.29 is 23.8 Å². The highest BCUT2D eigenvalue weighted by atomic mass is 16.7. The van der Waals surface area contributed by atoms with Gasteiger partial charge in [0.2, 0.25) is 12.7 Å². The maximum Gasteiger partial charge on any atom is 0.412 e. The molecule has 1 aromatic carbocycles. The van der Waals surface area contributed by atoms with Crippen LogP contribution in [0.25, 0.3) is 0 Å². The third-order valence-corrected chi connectivity index (χ3v) is 3.25. The van der Waals surface area contributed by atoms with Crippen molar-refractivity contribution in [2.45, 2.75) is 20.0 Å². The van der Waals surface area contributed by atoms with Crippen LogP contribution in [0, 0.1) is 0 Å². The Hall–Kier alpha value is -3.30. The van der Waals surface area contributed by atoms with E-state index in [9.17, 15) is 9.59 Å². The van der Waals surface area contributed by atoms with Gasteiger partial charge in [-0.2, -0.15) is 9.90 Å². The average Bonchev–Trinajstić information content (AvgIpc) is 3.22. The Morgan fingerprint density at radius 1 is 1.32 bits per heavy atom. The van der Waals surface area contributed by atoms with Crippen LogP contribution in [0.2, 0.25) is 0 Å². The lowest BCUT2D eigenvalue weighted by Crippen LogP contribution is -2.28. The Bertz CT molecular complexity index is 775. The van der Waals surface area contributed by atoms with Crippen LogP contribution in [0.3, 0.4) is 0 Å². The number of nitrogens with one attached hydrogen (secondary N) is 2. The number of nitrogens with zero attached hydrogens (tertiary/aromatic N) is 3. The Balaban J connectivity index is 1.48. The molecule has 0 bridgehead atoms. The first-order valence-electron chi connectivity index (χ1n) is 7.63. The third-order valence-electron chi connectivity index (χ3n) is 3.25. The number of carbonyl (C=O) groups excluding carboxylic acids is 2. The lowest BCUT2D eigenvalue weighted by Gasteiger charge is -2.06. The fourth-order valence-electron chi connectivity index (χ4n) is 2.14. The zero-order valence-corrected chi connectivity index (χ0v) is 13.5. The van der Waals surface area contributed by atoms with Crippen LogP contribution in [-0.4, -0.2) is 40.4 Å². The van der Waals surface area contributed by atoms with Gasteiger partial charge in [-0.25, -0.2) is 4.79 Å². The Morgan fingerprint density at radius 3 is 3.00 bits per heavy atom. The van der Waals surface area contributed by atoms with Gasteiger partial charge in [0.1, 0.15) is 6.54 Å². The Labute approximate surface area is 143 Å². The van der Waals surface area contributed by atoms with Gasteiger partial charge in [0.15, 0.2) is 17.3 Å². The van der Waals surface area contributed by atoms with Gasteiger partial charge in [-0.15, -0.1) is 5.10 Å². The summed E-state index contributed by atoms with van der Waals surface area (Å²) in [6.45, 7) is 2.42. The molecule has 0 saturated carbocycles. The number of hydrogen-bond acceptors (Lipinski definition) is 7. The number of fused-ring (bicyclic) bond motifs is 1. The third kappa shape index (κ3) is 4.37. The van der Waals surface area contributed by atoms with E-state index in [1.807, 2.05) is 12.1 Å². The summed E-state index contributed by atoms with van der Waals surface area (Å²) in [6.07, 6.45) is 0.712. The molecule has 2 aromatic rings. The van der Waals surface area contributed by atoms with Crippen molar-refractivity contribution in [1.82, 2.24) is 20.3 Å². The maximum atomic E-state index is 12.0. The number of aromatic nitrogens is 3. The molecule has 0 spiro atoms. The minimum absolute atomic E-state index is 0.0743. The Morgan fingerprint density at radius 2 is 2.16 bits per heavy atom. The molecule has 0 fully saturated rings. The van der Waals surface area contributed by atoms with E-state index >= 15 is 0 Å². The van der Waals surface area contributed by atoms with Gasteiger partial charge in [0.05, 0.1) is 12.8 Å². The summed E-state index contributed by atoms with van der Waals surface area (Å²) in [5.41, 5.74) is 0.885. The van der Waals surface area contributed by atoms with Crippen molar-refractivity contribution in [1.29, 1.82) is 0 Å². The fraction of sp³-hybridized carbons (Fsp3) is 0.333. The van der Waals surface area contributed by atoms with E-state index in [0.717, 1.165) is 5.56 Å². The summed E-state index contributed by atoms with van der Waals surface area (Å²) < 4.78 is 15.3. The number of hydrogen-bond donors (Lipinski definition) is 2. The molecule has 132 valence electrons. The summed E-state index contributed by atoms with van der Waals surface area (Å²) in [6, 6.07) is 5.46. The maximum absolute atomic E-state index is 12.0. The highest BCUT2D eigenvalue weighted by Crippen LogP contribution is 2.32. The summed E-state index contributed by atoms with van der Waals surface area (Å²) in [5.74, 6) is 1.30. The summed E-state index contributed by atoms with van der Waals surface area (Å²) in [5, 5.41) is 13.0. The van der Waals surface area contributed by atoms with Crippen molar-refractivity contribution in [3.05, 3.63) is 30.0 Å². The summed E-state index contributed by atoms with van der Waals surface area (Å²) in [4.78, 5) is 24.4. The van der Waals surface area contributed by atoms with E-state index in [-0.39, 0.29) is 31.7 Å². The lowest BCUT2D eigenvalue weighted by atomic mass is 10.2. The molecule has 0 radical (unpaired) electrons. The lowest BCUT2D eigenvalue weighted by molar-refractivity contribution is -0.122. The average molecular weight is 347 g/mol. The molecule has 2 amide bonds. The van der Waals surface area contributed by atoms with Crippen LogP contribution >= 0.6 is 0 Å². The van der Waals surface area contributed by atoms with Crippen molar-refractivity contribution in [3.63, 3.8) is 0 Å². The SMILES string of the molecule is CCOC(=O)Nc1cnn(CC(=O)NCc2ccc3c(c2)OCO3)n1. The molecule has 0 aliphatic carbocycles. The predicted octanol–water partition coefficient (Wildman–Crippen LogP) is 0.892. The van der Waals surface area contributed by atoms with Gasteiger partial charge in [0, 0.05) is 6.54 Å². The predicted molar refractivity (Wildman–Crippen MR) is 85.1 cm³/mol. The molecule has 1 aliphatic rings. The van der Waals surface area contributed by atoms with Crippen molar-refractivity contribution in [3.8, 4) is 11.5 Å². The van der Waals surface area contributed by atoms with E-state index in [1.54, 1.807) is 13.0 Å². The minimum Gasteiger partial charge on any atom is -0.454 e. The Kier molecular flexibility index (Phi) is 4.97. The van der Waals surface area contributed by atoms with E-state index in [2.05, 4.69) is 20.8 Å². The normalized spacial score (nSPS) is 11.9. The zero-order chi connectivity index (χ0) is 17.6. The highest BCUT2D eigenvalue weighted by molar-refractivity contribution is 5.83. The molecule has 1 aliphatic heterocycles. The number of ether oxygens (including phenoxy) is 3. The molecule has 10 nitrogen and oxygen atoms in total. The van der Waals surface area contributed by atoms with Crippen molar-refractivity contribution in [2.75, 3.05) is 18.7 Å². The zero-order valence-electron chi connectivity index (χ0n) is 13.5. The number of carbonyl (C=O) groups is 2. The second-order valence-electron chi connectivity index (χ2n) is 5.07. The van der Waals surface area contributed by atoms with Gasteiger partial charge in [-0.1, -0.05) is 6.07 Å². The molecule has 0 atom stereocenters. The largest absolute Gasteiger partial charge is 0.454 e. The molecule has 3 rings (SSSR count). The van der Waals surface area contributed by atoms with E-state index < -0.39 is 6.09 Å². The molecule has 2 heterocycles. The standard InChI is InChI=1S/C15H17N5O5/c1-2-23-15(22)18-13-7-17-20(19-13)8-14(21)16-6-10-3-4-11-12(5-10)25-9-24-11/h3-5,7H,2,6,8-9H2,1H3,(H,16,21)(H,18,19,22). The first-order valence-corrected chi connectivity index (χ1v) is 7.63. The molecular weight excluding hydrogens is 330 g/mol. The van der Waals surface area contributed by atoms with Gasteiger partial charge in [0.25, 0.3) is 0 Å². The number of benzene rings is 1. The van der Waals surface area contributed by atoms with Gasteiger partial charge >= 0.3 is 6.09 Å². The number of rotatable bonds is 6. The van der Waals surface area contributed by atoms with Crippen molar-refractivity contribution >= 4 is 17.8 Å². The molecule has 10 heteroatoms. The summed E-state index contributed by atoms with van der Waals surface area (Å²) in [7, 11) is 0. The topological polar surface area (TPSA) is 117 Å². The monoisotopic (exact) mass is 347 g/mol. The van der Waals surface area contributed by atoms with Crippen molar-refractivity contribution in [2.24, 2.45) is 0 Å². The fourth-order valence-corrected chi connectivity index (χ4v) is 2.14. The highest BCUT2D eigenvalue weighted by Gasteiger charge is 2.14. The second-order valence-corrected chi connectivity index (χ2v) is 5.07. The van der Waals surface area contributed by atoms with Gasteiger partial charge in [-0.3, -0.25) is 10.1 Å². The first kappa shape index (κ1) is 16.6. The van der Waals surface area contributed by atoms with E-state index in [4.69, 9.17) is 14.2 Å². The molecule has 0 unspecified atom stereocenters. The molecule has 25 heavy (non-hydrogen) atoms. The number of amides is 2. The van der Waals surface area contributed by atoms with Crippen LogP contribution in [-0.2, 0) is 22.6 Å². The number of anilines is 1. The van der Waals surface area contributed by atoms with Gasteiger partial charge in [-0.05, 0) is 24.6 Å².